The molecule has 0 bridgehead atoms. The number of nitrogens with one attached hydrogen (secondary N) is 1. The third-order valence-corrected chi connectivity index (χ3v) is 3.17. The maximum absolute atomic E-state index is 11.0. The summed E-state index contributed by atoms with van der Waals surface area (Å²) in [5.74, 6) is 0.742. The Morgan fingerprint density at radius 2 is 2.21 bits per heavy atom. The number of anilines is 1. The summed E-state index contributed by atoms with van der Waals surface area (Å²) in [5.41, 5.74) is 0.436. The highest BCUT2D eigenvalue weighted by molar-refractivity contribution is 5.59. The first-order valence-corrected chi connectivity index (χ1v) is 6.53. The average molecular weight is 270 g/mol. The van der Waals surface area contributed by atoms with Crippen molar-refractivity contribution < 1.29 is 10.0 Å². The first-order valence-electron chi connectivity index (χ1n) is 6.53. The number of rotatable bonds is 8. The lowest BCUT2D eigenvalue weighted by molar-refractivity contribution is -0.384. The van der Waals surface area contributed by atoms with Gasteiger partial charge in [-0.2, -0.15) is 5.10 Å². The van der Waals surface area contributed by atoms with Crippen LogP contribution in [0.5, 0.6) is 0 Å². The maximum Gasteiger partial charge on any atom is 0.333 e. The Morgan fingerprint density at radius 1 is 1.53 bits per heavy atom. The summed E-state index contributed by atoms with van der Waals surface area (Å²) in [6, 6.07) is 0. The largest absolute Gasteiger partial charge is 0.396 e. The summed E-state index contributed by atoms with van der Waals surface area (Å²) >= 11 is 0. The minimum Gasteiger partial charge on any atom is -0.396 e. The maximum atomic E-state index is 11.0. The van der Waals surface area contributed by atoms with Gasteiger partial charge in [0, 0.05) is 20.2 Å². The van der Waals surface area contributed by atoms with E-state index in [1.54, 1.807) is 14.0 Å². The van der Waals surface area contributed by atoms with E-state index < -0.39 is 4.92 Å². The van der Waals surface area contributed by atoms with Crippen LogP contribution >= 0.6 is 0 Å². The highest BCUT2D eigenvalue weighted by Crippen LogP contribution is 2.27. The van der Waals surface area contributed by atoms with E-state index in [9.17, 15) is 10.1 Å². The van der Waals surface area contributed by atoms with E-state index in [-0.39, 0.29) is 12.3 Å². The van der Waals surface area contributed by atoms with Gasteiger partial charge in [0.15, 0.2) is 0 Å². The van der Waals surface area contributed by atoms with Crippen molar-refractivity contribution in [3.8, 4) is 0 Å². The molecule has 0 saturated carbocycles. The second-order valence-corrected chi connectivity index (χ2v) is 4.71. The van der Waals surface area contributed by atoms with Gasteiger partial charge in [-0.1, -0.05) is 13.3 Å². The van der Waals surface area contributed by atoms with Crippen LogP contribution in [0, 0.1) is 23.0 Å². The van der Waals surface area contributed by atoms with Gasteiger partial charge in [-0.15, -0.1) is 0 Å². The van der Waals surface area contributed by atoms with E-state index in [0.29, 0.717) is 30.4 Å². The fraction of sp³-hybridized carbons (Fsp3) is 0.750. The van der Waals surface area contributed by atoms with Crippen molar-refractivity contribution in [2.75, 3.05) is 18.5 Å². The Morgan fingerprint density at radius 3 is 2.74 bits per heavy atom. The van der Waals surface area contributed by atoms with Crippen LogP contribution in [0.1, 0.15) is 31.9 Å². The molecule has 108 valence electrons. The molecule has 7 nitrogen and oxygen atoms in total. The van der Waals surface area contributed by atoms with Crippen LogP contribution in [0.4, 0.5) is 11.5 Å². The summed E-state index contributed by atoms with van der Waals surface area (Å²) in [6.45, 7) is 4.45. The van der Waals surface area contributed by atoms with Crippen LogP contribution in [-0.2, 0) is 7.05 Å². The van der Waals surface area contributed by atoms with Gasteiger partial charge in [0.05, 0.1) is 4.92 Å². The molecule has 1 atom stereocenters. The van der Waals surface area contributed by atoms with Crippen LogP contribution in [-0.4, -0.2) is 33.0 Å². The number of aryl methyl sites for hydroxylation is 2. The summed E-state index contributed by atoms with van der Waals surface area (Å²) in [7, 11) is 1.68. The molecule has 1 aromatic rings. The third-order valence-electron chi connectivity index (χ3n) is 3.17. The lowest BCUT2D eigenvalue weighted by Gasteiger charge is -2.16. The monoisotopic (exact) mass is 270 g/mol. The predicted octanol–water partition coefficient (Wildman–Crippen LogP) is 1.85. The Hall–Kier alpha value is -1.63. The number of hydrogen-bond acceptors (Lipinski definition) is 5. The van der Waals surface area contributed by atoms with Crippen LogP contribution < -0.4 is 5.32 Å². The number of aliphatic hydroxyl groups excluding tert-OH is 1. The standard InChI is InChI=1S/C12H22N4O3/c1-4-5-10(6-7-17)8-13-12-11(16(18)19)9(2)14-15(12)3/h10,13,17H,4-8H2,1-3H3. The number of aromatic nitrogens is 2. The normalized spacial score (nSPS) is 12.4. The van der Waals surface area contributed by atoms with Gasteiger partial charge < -0.3 is 10.4 Å². The molecule has 0 fully saturated rings. The molecule has 1 aromatic heterocycles. The quantitative estimate of drug-likeness (QED) is 0.555. The molecule has 0 aliphatic heterocycles. The second-order valence-electron chi connectivity index (χ2n) is 4.71. The molecule has 2 N–H and O–H groups in total. The smallest absolute Gasteiger partial charge is 0.333 e. The molecule has 0 aromatic carbocycles. The average Bonchev–Trinajstić information content (AvgIpc) is 2.61. The highest BCUT2D eigenvalue weighted by Gasteiger charge is 2.24. The lowest BCUT2D eigenvalue weighted by atomic mass is 10.0. The van der Waals surface area contributed by atoms with Gasteiger partial charge in [0.2, 0.25) is 5.82 Å². The highest BCUT2D eigenvalue weighted by atomic mass is 16.6. The van der Waals surface area contributed by atoms with Crippen LogP contribution in [0.2, 0.25) is 0 Å². The fourth-order valence-corrected chi connectivity index (χ4v) is 2.24. The molecule has 7 heteroatoms. The molecule has 0 aliphatic rings. The fourth-order valence-electron chi connectivity index (χ4n) is 2.24. The minimum absolute atomic E-state index is 0.0294. The van der Waals surface area contributed by atoms with Crippen LogP contribution in [0.25, 0.3) is 0 Å². The van der Waals surface area contributed by atoms with Gasteiger partial charge in [-0.25, -0.2) is 4.68 Å². The summed E-state index contributed by atoms with van der Waals surface area (Å²) < 4.78 is 1.50. The third kappa shape index (κ3) is 3.92. The van der Waals surface area contributed by atoms with E-state index in [1.807, 2.05) is 0 Å². The molecular weight excluding hydrogens is 248 g/mol. The van der Waals surface area contributed by atoms with E-state index in [2.05, 4.69) is 17.3 Å². The van der Waals surface area contributed by atoms with Crippen molar-refractivity contribution in [1.29, 1.82) is 0 Å². The number of nitrogens with zero attached hydrogens (tertiary/aromatic N) is 3. The van der Waals surface area contributed by atoms with Crippen molar-refractivity contribution in [1.82, 2.24) is 9.78 Å². The van der Waals surface area contributed by atoms with E-state index >= 15 is 0 Å². The van der Waals surface area contributed by atoms with Crippen molar-refractivity contribution >= 4 is 11.5 Å². The number of hydrogen-bond donors (Lipinski definition) is 2. The predicted molar refractivity (Wildman–Crippen MR) is 73.2 cm³/mol. The van der Waals surface area contributed by atoms with E-state index in [0.717, 1.165) is 12.8 Å². The zero-order chi connectivity index (χ0) is 14.4. The molecule has 0 aliphatic carbocycles. The zero-order valence-electron chi connectivity index (χ0n) is 11.7. The van der Waals surface area contributed by atoms with Crippen molar-refractivity contribution in [2.24, 2.45) is 13.0 Å². The molecule has 19 heavy (non-hydrogen) atoms. The Bertz CT molecular complexity index is 425. The number of aliphatic hydroxyl groups is 1. The van der Waals surface area contributed by atoms with Crippen molar-refractivity contribution in [3.63, 3.8) is 0 Å². The van der Waals surface area contributed by atoms with E-state index in [4.69, 9.17) is 5.11 Å². The summed E-state index contributed by atoms with van der Waals surface area (Å²) in [4.78, 5) is 10.6. The molecule has 0 radical (unpaired) electrons. The Balaban J connectivity index is 2.78. The first kappa shape index (κ1) is 15.4. The van der Waals surface area contributed by atoms with E-state index in [1.165, 1.54) is 4.68 Å². The van der Waals surface area contributed by atoms with Crippen LogP contribution in [0.3, 0.4) is 0 Å². The Labute approximate surface area is 112 Å². The summed E-state index contributed by atoms with van der Waals surface area (Å²) in [5, 5.41) is 27.2. The van der Waals surface area contributed by atoms with Gasteiger partial charge >= 0.3 is 5.69 Å². The van der Waals surface area contributed by atoms with Crippen molar-refractivity contribution in [3.05, 3.63) is 15.8 Å². The van der Waals surface area contributed by atoms with Crippen LogP contribution in [0.15, 0.2) is 0 Å². The van der Waals surface area contributed by atoms with Gasteiger partial charge in [0.1, 0.15) is 5.69 Å². The zero-order valence-corrected chi connectivity index (χ0v) is 11.7. The summed E-state index contributed by atoms with van der Waals surface area (Å²) in [6.07, 6.45) is 2.71. The minimum atomic E-state index is -0.411. The van der Waals surface area contributed by atoms with Gasteiger partial charge in [-0.3, -0.25) is 10.1 Å². The molecule has 0 amide bonds. The SMILES string of the molecule is CCCC(CCO)CNc1c([N+](=O)[O-])c(C)nn1C. The topological polar surface area (TPSA) is 93.2 Å². The number of nitro groups is 1. The molecule has 1 rings (SSSR count). The molecule has 1 heterocycles. The molecule has 1 unspecified atom stereocenters. The Kier molecular flexibility index (Phi) is 5.75. The second kappa shape index (κ2) is 7.08. The molecule has 0 saturated heterocycles. The lowest BCUT2D eigenvalue weighted by Crippen LogP contribution is -2.17. The van der Waals surface area contributed by atoms with Gasteiger partial charge in [0.25, 0.3) is 0 Å². The van der Waals surface area contributed by atoms with Crippen molar-refractivity contribution in [2.45, 2.75) is 33.1 Å². The molecule has 0 spiro atoms. The van der Waals surface area contributed by atoms with Gasteiger partial charge in [-0.05, 0) is 25.7 Å². The first-order chi connectivity index (χ1) is 9.01. The molecular formula is C12H22N4O3.